The predicted octanol–water partition coefficient (Wildman–Crippen LogP) is 2.73. The molecule has 6 heteroatoms. The molecule has 1 fully saturated rings. The van der Waals surface area contributed by atoms with Crippen molar-refractivity contribution in [3.05, 3.63) is 41.6 Å². The molecule has 1 heterocycles. The van der Waals surface area contributed by atoms with Gasteiger partial charge in [-0.15, -0.1) is 0 Å². The van der Waals surface area contributed by atoms with E-state index < -0.39 is 0 Å². The Morgan fingerprint density at radius 2 is 2.22 bits per heavy atom. The number of hydrogen-bond donors (Lipinski definition) is 3. The van der Waals surface area contributed by atoms with Gasteiger partial charge in [0.25, 0.3) is 0 Å². The monoisotopic (exact) mass is 308 g/mol. The Morgan fingerprint density at radius 3 is 2.96 bits per heavy atom. The molecule has 1 aliphatic rings. The van der Waals surface area contributed by atoms with E-state index in [2.05, 4.69) is 26.7 Å². The first-order valence-corrected chi connectivity index (χ1v) is 7.88. The lowest BCUT2D eigenvalue weighted by Gasteiger charge is -2.12. The SMILES string of the molecule is N#Cc1cccc(Nc2ncc(C3CC3)c(NCCCN)n2)c1. The summed E-state index contributed by atoms with van der Waals surface area (Å²) in [5.74, 6) is 1.99. The summed E-state index contributed by atoms with van der Waals surface area (Å²) >= 11 is 0. The van der Waals surface area contributed by atoms with Gasteiger partial charge in [0, 0.05) is 24.0 Å². The highest BCUT2D eigenvalue weighted by atomic mass is 15.1. The Hall–Kier alpha value is -2.65. The Morgan fingerprint density at radius 1 is 1.35 bits per heavy atom. The minimum Gasteiger partial charge on any atom is -0.370 e. The first-order valence-electron chi connectivity index (χ1n) is 7.88. The number of anilines is 3. The van der Waals surface area contributed by atoms with Gasteiger partial charge in [-0.05, 0) is 49.9 Å². The molecule has 4 N–H and O–H groups in total. The van der Waals surface area contributed by atoms with Gasteiger partial charge in [0.1, 0.15) is 5.82 Å². The summed E-state index contributed by atoms with van der Waals surface area (Å²) in [6.45, 7) is 1.46. The van der Waals surface area contributed by atoms with E-state index in [9.17, 15) is 0 Å². The summed E-state index contributed by atoms with van der Waals surface area (Å²) in [6, 6.07) is 9.39. The molecule has 3 rings (SSSR count). The van der Waals surface area contributed by atoms with E-state index in [1.54, 1.807) is 12.1 Å². The van der Waals surface area contributed by atoms with Crippen LogP contribution >= 0.6 is 0 Å². The number of rotatable bonds is 7. The van der Waals surface area contributed by atoms with Crippen molar-refractivity contribution < 1.29 is 0 Å². The molecule has 0 atom stereocenters. The van der Waals surface area contributed by atoms with Gasteiger partial charge in [-0.3, -0.25) is 0 Å². The minimum absolute atomic E-state index is 0.528. The van der Waals surface area contributed by atoms with Crippen molar-refractivity contribution in [3.8, 4) is 6.07 Å². The number of aromatic nitrogens is 2. The van der Waals surface area contributed by atoms with Crippen LogP contribution < -0.4 is 16.4 Å². The normalized spacial score (nSPS) is 13.4. The Bertz CT molecular complexity index is 717. The molecule has 0 unspecified atom stereocenters. The molecule has 0 radical (unpaired) electrons. The van der Waals surface area contributed by atoms with Crippen molar-refractivity contribution in [1.82, 2.24) is 9.97 Å². The first-order chi connectivity index (χ1) is 11.3. The summed E-state index contributed by atoms with van der Waals surface area (Å²) < 4.78 is 0. The fraction of sp³-hybridized carbons (Fsp3) is 0.353. The maximum atomic E-state index is 8.97. The molecule has 2 aromatic rings. The smallest absolute Gasteiger partial charge is 0.229 e. The van der Waals surface area contributed by atoms with Crippen molar-refractivity contribution >= 4 is 17.5 Å². The number of hydrogen-bond acceptors (Lipinski definition) is 6. The summed E-state index contributed by atoms with van der Waals surface area (Å²) in [7, 11) is 0. The highest BCUT2D eigenvalue weighted by molar-refractivity contribution is 5.59. The van der Waals surface area contributed by atoms with Crippen LogP contribution in [0.25, 0.3) is 0 Å². The van der Waals surface area contributed by atoms with Crippen LogP contribution in [0.2, 0.25) is 0 Å². The van der Waals surface area contributed by atoms with Crippen LogP contribution in [-0.4, -0.2) is 23.1 Å². The summed E-state index contributed by atoms with van der Waals surface area (Å²) in [5, 5.41) is 15.5. The van der Waals surface area contributed by atoms with Gasteiger partial charge in [0.15, 0.2) is 0 Å². The van der Waals surface area contributed by atoms with E-state index in [0.717, 1.165) is 24.5 Å². The average molecular weight is 308 g/mol. The Balaban J connectivity index is 1.79. The number of nitrogens with zero attached hydrogens (tertiary/aromatic N) is 3. The van der Waals surface area contributed by atoms with E-state index >= 15 is 0 Å². The van der Waals surface area contributed by atoms with Gasteiger partial charge in [-0.2, -0.15) is 10.2 Å². The Labute approximate surface area is 135 Å². The maximum Gasteiger partial charge on any atom is 0.229 e. The molecule has 23 heavy (non-hydrogen) atoms. The zero-order valence-corrected chi connectivity index (χ0v) is 12.9. The molecule has 1 saturated carbocycles. The lowest BCUT2D eigenvalue weighted by atomic mass is 10.2. The average Bonchev–Trinajstić information content (AvgIpc) is 3.40. The highest BCUT2D eigenvalue weighted by Gasteiger charge is 2.27. The zero-order valence-electron chi connectivity index (χ0n) is 12.9. The third-order valence-corrected chi connectivity index (χ3v) is 3.76. The van der Waals surface area contributed by atoms with E-state index in [0.29, 0.717) is 24.0 Å². The Kier molecular flexibility index (Phi) is 4.69. The van der Waals surface area contributed by atoms with E-state index in [-0.39, 0.29) is 0 Å². The lowest BCUT2D eigenvalue weighted by Crippen LogP contribution is -2.12. The third-order valence-electron chi connectivity index (χ3n) is 3.76. The van der Waals surface area contributed by atoms with Crippen LogP contribution in [-0.2, 0) is 0 Å². The van der Waals surface area contributed by atoms with Gasteiger partial charge >= 0.3 is 0 Å². The van der Waals surface area contributed by atoms with Crippen LogP contribution in [0, 0.1) is 11.3 Å². The molecule has 0 spiro atoms. The van der Waals surface area contributed by atoms with Crippen molar-refractivity contribution in [2.24, 2.45) is 5.73 Å². The largest absolute Gasteiger partial charge is 0.370 e. The molecular weight excluding hydrogens is 288 g/mol. The maximum absolute atomic E-state index is 8.97. The van der Waals surface area contributed by atoms with Gasteiger partial charge < -0.3 is 16.4 Å². The van der Waals surface area contributed by atoms with Crippen LogP contribution in [0.15, 0.2) is 30.5 Å². The molecule has 0 saturated heterocycles. The lowest BCUT2D eigenvalue weighted by molar-refractivity contribution is 0.865. The van der Waals surface area contributed by atoms with Gasteiger partial charge in [0.2, 0.25) is 5.95 Å². The second kappa shape index (κ2) is 7.07. The van der Waals surface area contributed by atoms with E-state index in [4.69, 9.17) is 11.0 Å². The van der Waals surface area contributed by atoms with Crippen LogP contribution in [0.3, 0.4) is 0 Å². The van der Waals surface area contributed by atoms with E-state index in [1.807, 2.05) is 18.3 Å². The zero-order chi connectivity index (χ0) is 16.1. The number of benzene rings is 1. The summed E-state index contributed by atoms with van der Waals surface area (Å²) in [5.41, 5.74) is 8.13. The number of nitrogens with one attached hydrogen (secondary N) is 2. The number of nitrogens with two attached hydrogens (primary N) is 1. The van der Waals surface area contributed by atoms with Gasteiger partial charge in [0.05, 0.1) is 11.6 Å². The topological polar surface area (TPSA) is 99.7 Å². The quantitative estimate of drug-likeness (QED) is 0.680. The van der Waals surface area contributed by atoms with Crippen LogP contribution in [0.1, 0.15) is 36.3 Å². The summed E-state index contributed by atoms with van der Waals surface area (Å²) in [6.07, 6.45) is 5.20. The standard InChI is InChI=1S/C17H20N6/c18-7-2-8-20-16-15(13-5-6-13)11-21-17(23-16)22-14-4-1-3-12(9-14)10-19/h1,3-4,9,11,13H,2,5-8,18H2,(H2,20,21,22,23). The highest BCUT2D eigenvalue weighted by Crippen LogP contribution is 2.42. The molecule has 1 aromatic heterocycles. The van der Waals surface area contributed by atoms with E-state index in [1.165, 1.54) is 18.4 Å². The van der Waals surface area contributed by atoms with Crippen LogP contribution in [0.4, 0.5) is 17.5 Å². The van der Waals surface area contributed by atoms with Crippen molar-refractivity contribution in [3.63, 3.8) is 0 Å². The minimum atomic E-state index is 0.528. The van der Waals surface area contributed by atoms with Crippen molar-refractivity contribution in [2.45, 2.75) is 25.2 Å². The summed E-state index contributed by atoms with van der Waals surface area (Å²) in [4.78, 5) is 9.01. The fourth-order valence-electron chi connectivity index (χ4n) is 2.39. The fourth-order valence-corrected chi connectivity index (χ4v) is 2.39. The molecular formula is C17H20N6. The first kappa shape index (κ1) is 15.3. The van der Waals surface area contributed by atoms with Crippen LogP contribution in [0.5, 0.6) is 0 Å². The second-order valence-corrected chi connectivity index (χ2v) is 5.66. The third kappa shape index (κ3) is 3.96. The van der Waals surface area contributed by atoms with Crippen molar-refractivity contribution in [1.29, 1.82) is 5.26 Å². The number of nitriles is 1. The molecule has 118 valence electrons. The molecule has 0 amide bonds. The second-order valence-electron chi connectivity index (χ2n) is 5.66. The van der Waals surface area contributed by atoms with Gasteiger partial charge in [-0.25, -0.2) is 4.98 Å². The molecule has 0 bridgehead atoms. The molecule has 1 aliphatic carbocycles. The molecule has 1 aromatic carbocycles. The molecule has 0 aliphatic heterocycles. The predicted molar refractivity (Wildman–Crippen MR) is 90.6 cm³/mol. The van der Waals surface area contributed by atoms with Crippen molar-refractivity contribution in [2.75, 3.05) is 23.7 Å². The molecule has 6 nitrogen and oxygen atoms in total. The van der Waals surface area contributed by atoms with Gasteiger partial charge in [-0.1, -0.05) is 6.07 Å².